The smallest absolute Gasteiger partial charge is 0.0965 e. The highest BCUT2D eigenvalue weighted by atomic mass is 15.3. The number of fused-ring (bicyclic) bond motifs is 4. The summed E-state index contributed by atoms with van der Waals surface area (Å²) in [6.07, 6.45) is 2.82. The van der Waals surface area contributed by atoms with Gasteiger partial charge in [-0.15, -0.1) is 0 Å². The van der Waals surface area contributed by atoms with Crippen molar-refractivity contribution in [3.8, 4) is 16.9 Å². The maximum Gasteiger partial charge on any atom is 0.0965 e. The van der Waals surface area contributed by atoms with Gasteiger partial charge >= 0.3 is 0 Å². The van der Waals surface area contributed by atoms with Crippen LogP contribution in [0.5, 0.6) is 0 Å². The van der Waals surface area contributed by atoms with E-state index >= 15 is 0 Å². The van der Waals surface area contributed by atoms with Crippen LogP contribution < -0.4 is 0 Å². The van der Waals surface area contributed by atoms with Gasteiger partial charge in [0.1, 0.15) is 0 Å². The van der Waals surface area contributed by atoms with Gasteiger partial charge < -0.3 is 0 Å². The summed E-state index contributed by atoms with van der Waals surface area (Å²) in [5.41, 5.74) is 7.19. The molecule has 0 N–H and O–H groups in total. The SMILES string of the molecule is CC1(C)Cc2c(cnn2-c2ccccc2)-c2nc3ccccc3nc21. The second kappa shape index (κ2) is 4.99. The van der Waals surface area contributed by atoms with Crippen LogP contribution in [0.4, 0.5) is 0 Å². The first-order valence-corrected chi connectivity index (χ1v) is 8.53. The summed E-state index contributed by atoms with van der Waals surface area (Å²) in [4.78, 5) is 9.89. The second-order valence-electron chi connectivity index (χ2n) is 7.22. The van der Waals surface area contributed by atoms with Gasteiger partial charge in [0.05, 0.1) is 40.0 Å². The Morgan fingerprint density at radius 2 is 1.56 bits per heavy atom. The minimum absolute atomic E-state index is 0.0913. The number of para-hydroxylation sites is 3. The molecule has 1 aliphatic carbocycles. The molecule has 122 valence electrons. The molecule has 4 nitrogen and oxygen atoms in total. The van der Waals surface area contributed by atoms with Crippen molar-refractivity contribution in [1.29, 1.82) is 0 Å². The Morgan fingerprint density at radius 3 is 2.32 bits per heavy atom. The van der Waals surface area contributed by atoms with E-state index in [1.54, 1.807) is 0 Å². The van der Waals surface area contributed by atoms with Gasteiger partial charge in [-0.3, -0.25) is 0 Å². The fourth-order valence-corrected chi connectivity index (χ4v) is 3.70. The first-order valence-electron chi connectivity index (χ1n) is 8.53. The summed E-state index contributed by atoms with van der Waals surface area (Å²) >= 11 is 0. The van der Waals surface area contributed by atoms with E-state index in [1.165, 1.54) is 5.69 Å². The molecule has 0 saturated carbocycles. The Kier molecular flexibility index (Phi) is 2.86. The van der Waals surface area contributed by atoms with Gasteiger partial charge in [-0.2, -0.15) is 5.10 Å². The van der Waals surface area contributed by atoms with E-state index in [4.69, 9.17) is 9.97 Å². The van der Waals surface area contributed by atoms with Crippen LogP contribution in [0.1, 0.15) is 25.2 Å². The maximum atomic E-state index is 4.95. The molecule has 4 heteroatoms. The molecular formula is C21H18N4. The summed E-state index contributed by atoms with van der Waals surface area (Å²) in [5, 5.41) is 4.66. The first-order chi connectivity index (χ1) is 12.1. The second-order valence-corrected chi connectivity index (χ2v) is 7.22. The van der Waals surface area contributed by atoms with Crippen LogP contribution >= 0.6 is 0 Å². The molecule has 0 spiro atoms. The lowest BCUT2D eigenvalue weighted by atomic mass is 9.77. The highest BCUT2D eigenvalue weighted by Gasteiger charge is 2.36. The summed E-state index contributed by atoms with van der Waals surface area (Å²) in [5.74, 6) is 0. The van der Waals surface area contributed by atoms with Gasteiger partial charge in [-0.05, 0) is 24.3 Å². The monoisotopic (exact) mass is 326 g/mol. The molecule has 25 heavy (non-hydrogen) atoms. The molecule has 0 atom stereocenters. The van der Waals surface area contributed by atoms with Gasteiger partial charge in [-0.25, -0.2) is 14.6 Å². The van der Waals surface area contributed by atoms with Crippen molar-refractivity contribution in [3.63, 3.8) is 0 Å². The van der Waals surface area contributed by atoms with Crippen LogP contribution in [0.2, 0.25) is 0 Å². The molecule has 5 rings (SSSR count). The molecule has 4 aromatic rings. The van der Waals surface area contributed by atoms with E-state index in [1.807, 2.05) is 53.3 Å². The lowest BCUT2D eigenvalue weighted by Gasteiger charge is -2.31. The standard InChI is InChI=1S/C21H18N4/c1-21(2)12-18-15(13-22-25(18)14-8-4-3-5-9-14)19-20(21)24-17-11-7-6-10-16(17)23-19/h3-11,13H,12H2,1-2H3. The molecule has 0 radical (unpaired) electrons. The zero-order valence-corrected chi connectivity index (χ0v) is 14.3. The fraction of sp³-hybridized carbons (Fsp3) is 0.190. The van der Waals surface area contributed by atoms with Crippen LogP contribution in [0.25, 0.3) is 28.0 Å². The van der Waals surface area contributed by atoms with Gasteiger partial charge in [0.25, 0.3) is 0 Å². The van der Waals surface area contributed by atoms with E-state index in [9.17, 15) is 0 Å². The van der Waals surface area contributed by atoms with Gasteiger partial charge in [0.2, 0.25) is 0 Å². The molecule has 0 aliphatic heterocycles. The van der Waals surface area contributed by atoms with Crippen LogP contribution in [0, 0.1) is 0 Å². The maximum absolute atomic E-state index is 4.95. The fourth-order valence-electron chi connectivity index (χ4n) is 3.70. The molecule has 1 aliphatic rings. The van der Waals surface area contributed by atoms with Crippen LogP contribution in [-0.4, -0.2) is 19.7 Å². The minimum Gasteiger partial charge on any atom is -0.248 e. The first kappa shape index (κ1) is 14.3. The molecule has 0 unspecified atom stereocenters. The third kappa shape index (κ3) is 2.10. The quantitative estimate of drug-likeness (QED) is 0.523. The Labute approximate surface area is 146 Å². The van der Waals surface area contributed by atoms with E-state index < -0.39 is 0 Å². The third-order valence-electron chi connectivity index (χ3n) is 4.95. The predicted octanol–water partition coefficient (Wildman–Crippen LogP) is 4.32. The lowest BCUT2D eigenvalue weighted by Crippen LogP contribution is -2.29. The number of rotatable bonds is 1. The average molecular weight is 326 g/mol. The third-order valence-corrected chi connectivity index (χ3v) is 4.95. The van der Waals surface area contributed by atoms with E-state index in [0.717, 1.165) is 40.1 Å². The topological polar surface area (TPSA) is 43.6 Å². The summed E-state index contributed by atoms with van der Waals surface area (Å²) < 4.78 is 2.04. The zero-order valence-electron chi connectivity index (χ0n) is 14.3. The highest BCUT2D eigenvalue weighted by Crippen LogP contribution is 2.42. The summed E-state index contributed by atoms with van der Waals surface area (Å²) in [6.45, 7) is 4.47. The molecule has 0 saturated heterocycles. The zero-order chi connectivity index (χ0) is 17.0. The van der Waals surface area contributed by atoms with Crippen LogP contribution in [0.15, 0.2) is 60.8 Å². The van der Waals surface area contributed by atoms with Gasteiger partial charge in [0.15, 0.2) is 0 Å². The van der Waals surface area contributed by atoms with Crippen molar-refractivity contribution in [2.45, 2.75) is 25.7 Å². The minimum atomic E-state index is -0.0913. The Balaban J connectivity index is 1.80. The van der Waals surface area contributed by atoms with E-state index in [2.05, 4.69) is 31.1 Å². The normalized spacial score (nSPS) is 15.0. The summed E-state index contributed by atoms with van der Waals surface area (Å²) in [7, 11) is 0. The predicted molar refractivity (Wildman–Crippen MR) is 98.8 cm³/mol. The molecule has 2 aromatic heterocycles. The molecule has 0 fully saturated rings. The van der Waals surface area contributed by atoms with Crippen molar-refractivity contribution >= 4 is 11.0 Å². The molecule has 0 bridgehead atoms. The molecule has 0 amide bonds. The lowest BCUT2D eigenvalue weighted by molar-refractivity contribution is 0.486. The van der Waals surface area contributed by atoms with Crippen molar-refractivity contribution in [1.82, 2.24) is 19.7 Å². The van der Waals surface area contributed by atoms with Crippen molar-refractivity contribution < 1.29 is 0 Å². The van der Waals surface area contributed by atoms with Crippen molar-refractivity contribution in [3.05, 3.63) is 72.2 Å². The van der Waals surface area contributed by atoms with Crippen molar-refractivity contribution in [2.75, 3.05) is 0 Å². The van der Waals surface area contributed by atoms with Gasteiger partial charge in [0, 0.05) is 17.4 Å². The molecule has 2 aromatic carbocycles. The Bertz CT molecular complexity index is 1090. The number of hydrogen-bond donors (Lipinski definition) is 0. The highest BCUT2D eigenvalue weighted by molar-refractivity contribution is 5.80. The Hall–Kier alpha value is -3.01. The Morgan fingerprint density at radius 1 is 0.880 bits per heavy atom. The van der Waals surface area contributed by atoms with Gasteiger partial charge in [-0.1, -0.05) is 44.2 Å². The number of nitrogens with zero attached hydrogens (tertiary/aromatic N) is 4. The van der Waals surface area contributed by atoms with Crippen molar-refractivity contribution in [2.24, 2.45) is 0 Å². The molecular weight excluding hydrogens is 308 g/mol. The molecule has 2 heterocycles. The van der Waals surface area contributed by atoms with Crippen LogP contribution in [-0.2, 0) is 11.8 Å². The largest absolute Gasteiger partial charge is 0.248 e. The number of aromatic nitrogens is 4. The number of hydrogen-bond acceptors (Lipinski definition) is 3. The summed E-state index contributed by atoms with van der Waals surface area (Å²) in [6, 6.07) is 18.3. The average Bonchev–Trinajstić information content (AvgIpc) is 3.04. The van der Waals surface area contributed by atoms with E-state index in [-0.39, 0.29) is 5.41 Å². The van der Waals surface area contributed by atoms with E-state index in [0.29, 0.717) is 0 Å². The van der Waals surface area contributed by atoms with Crippen LogP contribution in [0.3, 0.4) is 0 Å². The number of benzene rings is 2.